The van der Waals surface area contributed by atoms with Gasteiger partial charge in [-0.3, -0.25) is 0 Å². The molecule has 0 amide bonds. The molecule has 2 N–H and O–H groups in total. The topological polar surface area (TPSA) is 83.0 Å². The second kappa shape index (κ2) is 11.5. The zero-order valence-electron chi connectivity index (χ0n) is 27.5. The number of nitrogens with zero attached hydrogens (tertiary/aromatic N) is 4. The number of likely N-dealkylation sites (tertiary alicyclic amines) is 1. The van der Waals surface area contributed by atoms with Gasteiger partial charge >= 0.3 is 6.01 Å². The monoisotopic (exact) mass is 655 g/mol. The Labute approximate surface area is 279 Å². The number of aromatic nitrogens is 2. The van der Waals surface area contributed by atoms with Crippen molar-refractivity contribution in [3.8, 4) is 22.9 Å². The molecule has 5 heterocycles. The van der Waals surface area contributed by atoms with Crippen molar-refractivity contribution in [3.05, 3.63) is 53.6 Å². The molecule has 4 aromatic rings. The van der Waals surface area contributed by atoms with Gasteiger partial charge in [-0.15, -0.1) is 0 Å². The van der Waals surface area contributed by atoms with Crippen molar-refractivity contribution in [1.29, 1.82) is 0 Å². The second-order valence-corrected chi connectivity index (χ2v) is 15.2. The molecular weight excluding hydrogens is 612 g/mol. The Morgan fingerprint density at radius 3 is 2.44 bits per heavy atom. The lowest BCUT2D eigenvalue weighted by molar-refractivity contribution is -0.140. The summed E-state index contributed by atoms with van der Waals surface area (Å²) in [5.41, 5.74) is 1.84. The van der Waals surface area contributed by atoms with Gasteiger partial charge in [0.1, 0.15) is 22.9 Å². The molecule has 2 unspecified atom stereocenters. The summed E-state index contributed by atoms with van der Waals surface area (Å²) in [5, 5.41) is 16.2. The first-order chi connectivity index (χ1) is 23.3. The number of phenolic OH excluding ortho intramolecular Hbond substituents is 1. The molecule has 5 fully saturated rings. The minimum Gasteiger partial charge on any atom is -0.508 e. The standard InChI is InChI=1S/C38H43F2N5O3/c1-2-27-31(39)8-3-23-15-26(46)16-30(32(23)27)28-6-7-29-34(33(28)40)42-36(43-35(29)45-17-24-4-5-25(18-45)41-24)48-22-37(9-10-37)19-44-13-11-38(12-14-44)20-47-21-38/h3,6-8,15-16,24-25,41,46H,2,4-5,9-14,17-22H2,1H3. The number of piperidine rings is 1. The number of fused-ring (bicyclic) bond motifs is 4. The Balaban J connectivity index is 1.08. The molecule has 48 heavy (non-hydrogen) atoms. The van der Waals surface area contributed by atoms with E-state index in [4.69, 9.17) is 19.4 Å². The van der Waals surface area contributed by atoms with Crippen molar-refractivity contribution in [2.45, 2.75) is 64.0 Å². The first-order valence-electron chi connectivity index (χ1n) is 17.7. The summed E-state index contributed by atoms with van der Waals surface area (Å²) in [5.74, 6) is -0.189. The van der Waals surface area contributed by atoms with Gasteiger partial charge in [-0.1, -0.05) is 19.1 Å². The lowest BCUT2D eigenvalue weighted by atomic mass is 9.76. The quantitative estimate of drug-likeness (QED) is 0.232. The van der Waals surface area contributed by atoms with E-state index in [0.717, 1.165) is 71.6 Å². The zero-order valence-corrected chi connectivity index (χ0v) is 27.5. The number of hydrogen-bond acceptors (Lipinski definition) is 8. The van der Waals surface area contributed by atoms with Gasteiger partial charge in [0, 0.05) is 53.5 Å². The van der Waals surface area contributed by atoms with Crippen LogP contribution in [0.1, 0.15) is 51.0 Å². The molecule has 4 aliphatic heterocycles. The molecule has 9 rings (SSSR count). The van der Waals surface area contributed by atoms with E-state index < -0.39 is 5.82 Å². The number of halogens is 2. The Morgan fingerprint density at radius 2 is 1.75 bits per heavy atom. The fourth-order valence-corrected chi connectivity index (χ4v) is 8.75. The minimum absolute atomic E-state index is 0.00558. The van der Waals surface area contributed by atoms with Gasteiger partial charge in [0.25, 0.3) is 0 Å². The molecule has 10 heteroatoms. The molecule has 252 valence electrons. The molecule has 0 radical (unpaired) electrons. The average Bonchev–Trinajstić information content (AvgIpc) is 3.76. The number of nitrogens with one attached hydrogen (secondary N) is 1. The van der Waals surface area contributed by atoms with Gasteiger partial charge in [0.15, 0.2) is 5.82 Å². The molecule has 4 saturated heterocycles. The number of benzene rings is 3. The van der Waals surface area contributed by atoms with Crippen LogP contribution in [0.4, 0.5) is 14.6 Å². The summed E-state index contributed by atoms with van der Waals surface area (Å²) in [4.78, 5) is 14.5. The van der Waals surface area contributed by atoms with Crippen LogP contribution in [-0.2, 0) is 11.2 Å². The van der Waals surface area contributed by atoms with Crippen LogP contribution >= 0.6 is 0 Å². The van der Waals surface area contributed by atoms with Crippen molar-refractivity contribution in [2.24, 2.45) is 10.8 Å². The van der Waals surface area contributed by atoms with E-state index in [0.29, 0.717) is 63.6 Å². The summed E-state index contributed by atoms with van der Waals surface area (Å²) in [6.07, 6.45) is 7.23. The highest BCUT2D eigenvalue weighted by molar-refractivity contribution is 6.03. The van der Waals surface area contributed by atoms with Crippen molar-refractivity contribution < 1.29 is 23.4 Å². The van der Waals surface area contributed by atoms with E-state index in [1.807, 2.05) is 13.0 Å². The number of rotatable bonds is 8. The fourth-order valence-electron chi connectivity index (χ4n) is 8.75. The Morgan fingerprint density at radius 1 is 0.979 bits per heavy atom. The van der Waals surface area contributed by atoms with E-state index in [2.05, 4.69) is 15.1 Å². The van der Waals surface area contributed by atoms with Crippen LogP contribution in [-0.4, -0.2) is 84.6 Å². The van der Waals surface area contributed by atoms with Crippen LogP contribution in [0, 0.1) is 22.5 Å². The van der Waals surface area contributed by atoms with Crippen LogP contribution in [0.25, 0.3) is 32.8 Å². The van der Waals surface area contributed by atoms with Crippen LogP contribution in [0.5, 0.6) is 11.8 Å². The average molecular weight is 656 g/mol. The zero-order chi connectivity index (χ0) is 32.6. The van der Waals surface area contributed by atoms with Crippen LogP contribution in [0.2, 0.25) is 0 Å². The summed E-state index contributed by atoms with van der Waals surface area (Å²) in [7, 11) is 0. The van der Waals surface area contributed by atoms with E-state index in [1.165, 1.54) is 25.0 Å². The molecule has 8 nitrogen and oxygen atoms in total. The predicted octanol–water partition coefficient (Wildman–Crippen LogP) is 6.21. The van der Waals surface area contributed by atoms with Crippen LogP contribution in [0.15, 0.2) is 36.4 Å². The highest BCUT2D eigenvalue weighted by Gasteiger charge is 2.48. The van der Waals surface area contributed by atoms with E-state index >= 15 is 8.78 Å². The predicted molar refractivity (Wildman–Crippen MR) is 182 cm³/mol. The summed E-state index contributed by atoms with van der Waals surface area (Å²) >= 11 is 0. The molecule has 1 spiro atoms. The molecule has 1 aliphatic carbocycles. The third kappa shape index (κ3) is 5.27. The number of aryl methyl sites for hydroxylation is 1. The molecule has 2 bridgehead atoms. The van der Waals surface area contributed by atoms with Gasteiger partial charge in [-0.25, -0.2) is 8.78 Å². The van der Waals surface area contributed by atoms with Gasteiger partial charge in [-0.05, 0) is 104 Å². The van der Waals surface area contributed by atoms with Gasteiger partial charge < -0.3 is 29.7 Å². The van der Waals surface area contributed by atoms with E-state index in [9.17, 15) is 5.11 Å². The van der Waals surface area contributed by atoms with Crippen molar-refractivity contribution in [1.82, 2.24) is 20.2 Å². The van der Waals surface area contributed by atoms with Crippen molar-refractivity contribution in [3.63, 3.8) is 0 Å². The highest BCUT2D eigenvalue weighted by Crippen LogP contribution is 2.48. The lowest BCUT2D eigenvalue weighted by Crippen LogP contribution is -2.52. The Bertz CT molecular complexity index is 1890. The lowest BCUT2D eigenvalue weighted by Gasteiger charge is -2.47. The van der Waals surface area contributed by atoms with E-state index in [1.54, 1.807) is 18.2 Å². The fraction of sp³-hybridized carbons (Fsp3) is 0.526. The summed E-state index contributed by atoms with van der Waals surface area (Å²) in [6, 6.07) is 10.7. The van der Waals surface area contributed by atoms with Crippen LogP contribution in [0.3, 0.4) is 0 Å². The Kier molecular flexibility index (Phi) is 7.29. The highest BCUT2D eigenvalue weighted by atomic mass is 19.1. The molecule has 1 aromatic heterocycles. The molecule has 2 atom stereocenters. The number of aromatic hydroxyl groups is 1. The maximum atomic E-state index is 17.0. The van der Waals surface area contributed by atoms with E-state index in [-0.39, 0.29) is 34.1 Å². The van der Waals surface area contributed by atoms with Gasteiger partial charge in [0.05, 0.1) is 19.8 Å². The minimum atomic E-state index is -0.527. The number of hydrogen-bond donors (Lipinski definition) is 2. The van der Waals surface area contributed by atoms with Crippen molar-refractivity contribution in [2.75, 3.05) is 57.4 Å². The first kappa shape index (κ1) is 30.5. The molecule has 5 aliphatic rings. The number of anilines is 1. The summed E-state index contributed by atoms with van der Waals surface area (Å²) in [6.45, 7) is 8.93. The molecule has 1 saturated carbocycles. The maximum Gasteiger partial charge on any atom is 0.319 e. The first-order valence-corrected chi connectivity index (χ1v) is 17.7. The summed E-state index contributed by atoms with van der Waals surface area (Å²) < 4.78 is 43.9. The second-order valence-electron chi connectivity index (χ2n) is 15.2. The Hall–Kier alpha value is -3.60. The van der Waals surface area contributed by atoms with Crippen LogP contribution < -0.4 is 15.0 Å². The SMILES string of the molecule is CCc1c(F)ccc2cc(O)cc(-c3ccc4c(N5CC6CCC(C5)N6)nc(OCC5(CN6CCC7(CC6)COC7)CC5)nc4c3F)c12. The van der Waals surface area contributed by atoms with Gasteiger partial charge in [0.2, 0.25) is 0 Å². The maximum absolute atomic E-state index is 17.0. The molecular formula is C38H43F2N5O3. The number of piperazine rings is 1. The van der Waals surface area contributed by atoms with Crippen molar-refractivity contribution >= 4 is 27.5 Å². The number of phenols is 1. The smallest absolute Gasteiger partial charge is 0.319 e. The normalized spacial score (nSPS) is 24.4. The third-order valence-corrected chi connectivity index (χ3v) is 11.8. The van der Waals surface area contributed by atoms with Gasteiger partial charge in [-0.2, -0.15) is 9.97 Å². The largest absolute Gasteiger partial charge is 0.508 e. The third-order valence-electron chi connectivity index (χ3n) is 11.8. The number of ether oxygens (including phenoxy) is 2. The molecule has 3 aromatic carbocycles.